The summed E-state index contributed by atoms with van der Waals surface area (Å²) in [6.45, 7) is 9.90. The van der Waals surface area contributed by atoms with Crippen molar-refractivity contribution in [1.82, 2.24) is 4.90 Å². The van der Waals surface area contributed by atoms with Crippen molar-refractivity contribution in [3.05, 3.63) is 71.8 Å². The van der Waals surface area contributed by atoms with Gasteiger partial charge in [0.05, 0.1) is 18.9 Å². The van der Waals surface area contributed by atoms with E-state index in [1.165, 1.54) is 11.1 Å². The summed E-state index contributed by atoms with van der Waals surface area (Å²) in [5.74, 6) is -5.02. The number of benzene rings is 2. The molecule has 0 spiro atoms. The van der Waals surface area contributed by atoms with Crippen molar-refractivity contribution in [3.8, 4) is 0 Å². The van der Waals surface area contributed by atoms with Gasteiger partial charge >= 0.3 is 17.9 Å². The van der Waals surface area contributed by atoms with Crippen LogP contribution in [0.15, 0.2) is 60.7 Å². The third-order valence-electron chi connectivity index (χ3n) is 5.60. The topological polar surface area (TPSA) is 145 Å². The minimum Gasteiger partial charge on any atom is -0.481 e. The standard InChI is InChI=1S/C21H29NO.C6H8O7/c1-4-22(5-2)17-16-18(3)23-21(19-12-8-6-9-13-19)20-14-10-7-11-15-20;7-3(8)1-6(13,5(11)12)2-4(9)10/h6-15,18,21H,4-5,16-17H2,1-3H3;13H,1-2H2,(H,7,8)(H,9,10)(H,11,12). The molecule has 36 heavy (non-hydrogen) atoms. The molecule has 1 unspecified atom stereocenters. The van der Waals surface area contributed by atoms with Crippen molar-refractivity contribution in [2.45, 2.75) is 57.8 Å². The second-order valence-corrected chi connectivity index (χ2v) is 8.44. The molecule has 0 aliphatic rings. The molecule has 198 valence electrons. The summed E-state index contributed by atoms with van der Waals surface area (Å²) < 4.78 is 6.44. The van der Waals surface area contributed by atoms with Crippen molar-refractivity contribution in [3.63, 3.8) is 0 Å². The van der Waals surface area contributed by atoms with E-state index in [9.17, 15) is 14.4 Å². The van der Waals surface area contributed by atoms with Gasteiger partial charge in [0.2, 0.25) is 0 Å². The Morgan fingerprint density at radius 3 is 1.58 bits per heavy atom. The molecule has 0 fully saturated rings. The summed E-state index contributed by atoms with van der Waals surface area (Å²) in [6.07, 6.45) is -1.01. The molecule has 9 heteroatoms. The lowest BCUT2D eigenvalue weighted by Crippen LogP contribution is -2.42. The maximum atomic E-state index is 10.3. The molecule has 2 aromatic carbocycles. The van der Waals surface area contributed by atoms with E-state index in [1.54, 1.807) is 0 Å². The van der Waals surface area contributed by atoms with E-state index in [2.05, 4.69) is 86.3 Å². The SMILES string of the molecule is CCN(CC)CCC(C)OC(c1ccccc1)c1ccccc1.O=C(O)CC(O)(CC(=O)O)C(=O)O. The van der Waals surface area contributed by atoms with Crippen molar-refractivity contribution < 1.29 is 39.5 Å². The number of carbonyl (C=O) groups is 3. The second-order valence-electron chi connectivity index (χ2n) is 8.44. The molecule has 0 radical (unpaired) electrons. The first-order chi connectivity index (χ1) is 17.0. The van der Waals surface area contributed by atoms with Gasteiger partial charge in [0.1, 0.15) is 6.10 Å². The monoisotopic (exact) mass is 503 g/mol. The highest BCUT2D eigenvalue weighted by Crippen LogP contribution is 2.27. The fraction of sp³-hybridized carbons (Fsp3) is 0.444. The Morgan fingerprint density at radius 2 is 1.25 bits per heavy atom. The predicted octanol–water partition coefficient (Wildman–Crippen LogP) is 3.66. The smallest absolute Gasteiger partial charge is 0.336 e. The Kier molecular flexibility index (Phi) is 13.4. The molecular formula is C27H37NO8. The lowest BCUT2D eigenvalue weighted by Gasteiger charge is -2.25. The lowest BCUT2D eigenvalue weighted by atomic mass is 9.96. The van der Waals surface area contributed by atoms with E-state index >= 15 is 0 Å². The molecule has 1 atom stereocenters. The number of aliphatic hydroxyl groups is 1. The molecule has 0 saturated carbocycles. The van der Waals surface area contributed by atoms with Crippen LogP contribution in [0.2, 0.25) is 0 Å². The fourth-order valence-corrected chi connectivity index (χ4v) is 3.52. The third-order valence-corrected chi connectivity index (χ3v) is 5.60. The minimum absolute atomic E-state index is 0.00380. The van der Waals surface area contributed by atoms with Gasteiger partial charge in [-0.05, 0) is 37.6 Å². The average molecular weight is 504 g/mol. The molecule has 0 heterocycles. The van der Waals surface area contributed by atoms with E-state index in [4.69, 9.17) is 25.2 Å². The van der Waals surface area contributed by atoms with Gasteiger partial charge in [-0.25, -0.2) is 4.79 Å². The zero-order valence-corrected chi connectivity index (χ0v) is 21.0. The van der Waals surface area contributed by atoms with Gasteiger partial charge in [-0.2, -0.15) is 0 Å². The van der Waals surface area contributed by atoms with E-state index < -0.39 is 36.4 Å². The van der Waals surface area contributed by atoms with Crippen molar-refractivity contribution in [1.29, 1.82) is 0 Å². The quantitative estimate of drug-likeness (QED) is 0.303. The number of carboxylic acids is 3. The van der Waals surface area contributed by atoms with Crippen molar-refractivity contribution in [2.24, 2.45) is 0 Å². The van der Waals surface area contributed by atoms with Crippen LogP contribution in [0.1, 0.15) is 57.3 Å². The summed E-state index contributed by atoms with van der Waals surface area (Å²) in [5.41, 5.74) is -0.306. The molecule has 9 nitrogen and oxygen atoms in total. The van der Waals surface area contributed by atoms with Gasteiger partial charge in [0.25, 0.3) is 0 Å². The number of carboxylic acid groups (broad SMARTS) is 3. The highest BCUT2D eigenvalue weighted by molar-refractivity contribution is 5.88. The van der Waals surface area contributed by atoms with E-state index in [0.717, 1.165) is 26.1 Å². The predicted molar refractivity (Wildman–Crippen MR) is 135 cm³/mol. The largest absolute Gasteiger partial charge is 0.481 e. The highest BCUT2D eigenvalue weighted by Gasteiger charge is 2.40. The summed E-state index contributed by atoms with van der Waals surface area (Å²) in [4.78, 5) is 32.9. The molecule has 2 rings (SSSR count). The highest BCUT2D eigenvalue weighted by atomic mass is 16.5. The number of hydrogen-bond acceptors (Lipinski definition) is 6. The molecular weight excluding hydrogens is 466 g/mol. The van der Waals surface area contributed by atoms with Gasteiger partial charge in [-0.1, -0.05) is 74.5 Å². The lowest BCUT2D eigenvalue weighted by molar-refractivity contribution is -0.170. The number of nitrogens with zero attached hydrogens (tertiary/aromatic N) is 1. The minimum atomic E-state index is -2.74. The first-order valence-electron chi connectivity index (χ1n) is 11.9. The first-order valence-corrected chi connectivity index (χ1v) is 11.9. The maximum absolute atomic E-state index is 10.3. The second kappa shape index (κ2) is 15.7. The fourth-order valence-electron chi connectivity index (χ4n) is 3.52. The van der Waals surface area contributed by atoms with Gasteiger partial charge < -0.3 is 30.1 Å². The summed E-state index contributed by atoms with van der Waals surface area (Å²) in [7, 11) is 0. The van der Waals surface area contributed by atoms with Crippen LogP contribution in [-0.4, -0.2) is 74.6 Å². The molecule has 0 aliphatic carbocycles. The van der Waals surface area contributed by atoms with E-state index in [1.807, 2.05) is 0 Å². The molecule has 2 aromatic rings. The zero-order chi connectivity index (χ0) is 27.1. The van der Waals surface area contributed by atoms with Crippen LogP contribution in [0.3, 0.4) is 0 Å². The Morgan fingerprint density at radius 1 is 0.833 bits per heavy atom. The molecule has 4 N–H and O–H groups in total. The van der Waals surface area contributed by atoms with Crippen LogP contribution in [0, 0.1) is 0 Å². The number of hydrogen-bond donors (Lipinski definition) is 4. The summed E-state index contributed by atoms with van der Waals surface area (Å²) in [6, 6.07) is 21.0. The number of rotatable bonds is 14. The van der Waals surface area contributed by atoms with Crippen LogP contribution in [0.5, 0.6) is 0 Å². The van der Waals surface area contributed by atoms with Crippen LogP contribution in [0.25, 0.3) is 0 Å². The number of ether oxygens (including phenoxy) is 1. The normalized spacial score (nSPS) is 12.1. The Labute approximate surface area is 212 Å². The van der Waals surface area contributed by atoms with Gasteiger partial charge in [-0.3, -0.25) is 9.59 Å². The molecule has 0 amide bonds. The molecule has 0 aliphatic heterocycles. The number of aliphatic carboxylic acids is 3. The zero-order valence-electron chi connectivity index (χ0n) is 21.0. The van der Waals surface area contributed by atoms with Crippen LogP contribution in [-0.2, 0) is 19.1 Å². The van der Waals surface area contributed by atoms with Gasteiger partial charge in [-0.15, -0.1) is 0 Å². The molecule has 0 aromatic heterocycles. The Hall–Kier alpha value is -3.27. The van der Waals surface area contributed by atoms with Crippen molar-refractivity contribution in [2.75, 3.05) is 19.6 Å². The Balaban J connectivity index is 0.000000426. The Bertz CT molecular complexity index is 876. The average Bonchev–Trinajstić information content (AvgIpc) is 2.83. The van der Waals surface area contributed by atoms with E-state index in [0.29, 0.717) is 0 Å². The van der Waals surface area contributed by atoms with Gasteiger partial charge in [0.15, 0.2) is 5.60 Å². The van der Waals surface area contributed by atoms with Gasteiger partial charge in [0, 0.05) is 6.54 Å². The first kappa shape index (κ1) is 30.8. The van der Waals surface area contributed by atoms with Crippen LogP contribution in [0.4, 0.5) is 0 Å². The van der Waals surface area contributed by atoms with Crippen LogP contribution < -0.4 is 0 Å². The van der Waals surface area contributed by atoms with Crippen molar-refractivity contribution >= 4 is 17.9 Å². The molecule has 0 bridgehead atoms. The summed E-state index contributed by atoms with van der Waals surface area (Å²) in [5, 5.41) is 33.8. The molecule has 0 saturated heterocycles. The summed E-state index contributed by atoms with van der Waals surface area (Å²) >= 11 is 0. The van der Waals surface area contributed by atoms with Crippen LogP contribution >= 0.6 is 0 Å². The third kappa shape index (κ3) is 11.0. The van der Waals surface area contributed by atoms with E-state index in [-0.39, 0.29) is 12.2 Å². The maximum Gasteiger partial charge on any atom is 0.336 e.